The number of aromatic nitrogens is 2. The minimum Gasteiger partial charge on any atom is -0.460 e. The molecule has 0 aliphatic heterocycles. The number of anilines is 2. The molecule has 5 aromatic rings. The van der Waals surface area contributed by atoms with Crippen molar-refractivity contribution in [2.45, 2.75) is 19.4 Å². The van der Waals surface area contributed by atoms with Crippen LogP contribution in [0.15, 0.2) is 83.5 Å². The molecule has 0 spiro atoms. The van der Waals surface area contributed by atoms with Crippen molar-refractivity contribution in [2.24, 2.45) is 0 Å². The van der Waals surface area contributed by atoms with Gasteiger partial charge < -0.3 is 24.9 Å². The number of fused-ring (bicyclic) bond motifs is 1. The number of hydrogen-bond donors (Lipinski definition) is 3. The summed E-state index contributed by atoms with van der Waals surface area (Å²) in [5, 5.41) is 16.6. The van der Waals surface area contributed by atoms with Crippen LogP contribution in [-0.4, -0.2) is 28.2 Å². The number of halogens is 2. The van der Waals surface area contributed by atoms with E-state index < -0.39 is 5.82 Å². The Balaban J connectivity index is 1.33. The van der Waals surface area contributed by atoms with Crippen molar-refractivity contribution in [3.05, 3.63) is 95.7 Å². The van der Waals surface area contributed by atoms with Gasteiger partial charge in [0.15, 0.2) is 11.6 Å². The van der Waals surface area contributed by atoms with Gasteiger partial charge in [0.05, 0.1) is 17.1 Å². The number of benzene rings is 3. The molecule has 194 valence electrons. The van der Waals surface area contributed by atoms with Crippen molar-refractivity contribution >= 4 is 34.0 Å². The summed E-state index contributed by atoms with van der Waals surface area (Å²) in [7, 11) is 0. The average molecular weight is 533 g/mol. The number of hydrogen-bond acceptors (Lipinski definition) is 7. The maximum absolute atomic E-state index is 14.0. The minimum atomic E-state index is -0.466. The summed E-state index contributed by atoms with van der Waals surface area (Å²) < 4.78 is 25.6. The highest BCUT2D eigenvalue weighted by Gasteiger charge is 2.12. The monoisotopic (exact) mass is 532 g/mol. The lowest BCUT2D eigenvalue weighted by Gasteiger charge is -2.12. The molecule has 38 heavy (non-hydrogen) atoms. The molecule has 0 fully saturated rings. The molecular formula is C29H26ClFN4O3. The van der Waals surface area contributed by atoms with E-state index in [2.05, 4.69) is 20.6 Å². The fourth-order valence-electron chi connectivity index (χ4n) is 3.96. The van der Waals surface area contributed by atoms with Crippen LogP contribution in [0.1, 0.15) is 18.6 Å². The number of unbranched alkanes of at least 4 members (excludes halogenated alkanes) is 1. The van der Waals surface area contributed by atoms with Crippen molar-refractivity contribution < 1.29 is 18.7 Å². The van der Waals surface area contributed by atoms with Gasteiger partial charge in [0, 0.05) is 23.2 Å². The van der Waals surface area contributed by atoms with Crippen molar-refractivity contribution in [3.8, 4) is 22.8 Å². The maximum Gasteiger partial charge on any atom is 0.165 e. The Bertz CT molecular complexity index is 1540. The normalized spacial score (nSPS) is 11.1. The molecule has 0 saturated heterocycles. The first-order chi connectivity index (χ1) is 18.6. The second-order valence-corrected chi connectivity index (χ2v) is 9.04. The Morgan fingerprint density at radius 1 is 0.947 bits per heavy atom. The number of rotatable bonds is 11. The quantitative estimate of drug-likeness (QED) is 0.156. The van der Waals surface area contributed by atoms with Gasteiger partial charge in [-0.2, -0.15) is 0 Å². The highest BCUT2D eigenvalue weighted by Crippen LogP contribution is 2.35. The first-order valence-electron chi connectivity index (χ1n) is 12.2. The zero-order valence-electron chi connectivity index (χ0n) is 20.5. The smallest absolute Gasteiger partial charge is 0.165 e. The van der Waals surface area contributed by atoms with Gasteiger partial charge >= 0.3 is 0 Å². The average Bonchev–Trinajstić information content (AvgIpc) is 3.40. The van der Waals surface area contributed by atoms with Crippen LogP contribution >= 0.6 is 11.6 Å². The third-order valence-corrected chi connectivity index (χ3v) is 6.19. The molecular weight excluding hydrogens is 507 g/mol. The molecule has 0 bridgehead atoms. The molecule has 5 rings (SSSR count). The van der Waals surface area contributed by atoms with Crippen molar-refractivity contribution in [2.75, 3.05) is 18.5 Å². The lowest BCUT2D eigenvalue weighted by molar-refractivity contribution is 0.283. The number of nitrogens with zero attached hydrogens (tertiary/aromatic N) is 2. The van der Waals surface area contributed by atoms with Crippen molar-refractivity contribution in [3.63, 3.8) is 0 Å². The largest absolute Gasteiger partial charge is 0.460 e. The molecule has 0 amide bonds. The summed E-state index contributed by atoms with van der Waals surface area (Å²) in [5.74, 6) is 2.15. The molecule has 2 aromatic heterocycles. The van der Waals surface area contributed by atoms with Crippen molar-refractivity contribution in [1.82, 2.24) is 15.3 Å². The first-order valence-corrected chi connectivity index (χ1v) is 12.6. The van der Waals surface area contributed by atoms with Gasteiger partial charge in [-0.1, -0.05) is 23.7 Å². The number of aliphatic hydroxyl groups is 1. The van der Waals surface area contributed by atoms with Gasteiger partial charge in [0.25, 0.3) is 0 Å². The van der Waals surface area contributed by atoms with Gasteiger partial charge in [-0.25, -0.2) is 14.4 Å². The molecule has 3 N–H and O–H groups in total. The van der Waals surface area contributed by atoms with Crippen LogP contribution in [0.5, 0.6) is 11.5 Å². The minimum absolute atomic E-state index is 0.1000. The number of para-hydroxylation sites is 1. The Morgan fingerprint density at radius 2 is 1.84 bits per heavy atom. The Morgan fingerprint density at radius 3 is 2.68 bits per heavy atom. The predicted octanol–water partition coefficient (Wildman–Crippen LogP) is 7.08. The molecule has 9 heteroatoms. The molecule has 7 nitrogen and oxygen atoms in total. The van der Waals surface area contributed by atoms with Gasteiger partial charge in [-0.05, 0) is 80.1 Å². The van der Waals surface area contributed by atoms with E-state index in [1.807, 2.05) is 30.3 Å². The van der Waals surface area contributed by atoms with Crippen LogP contribution in [0.25, 0.3) is 22.2 Å². The molecule has 2 heterocycles. The van der Waals surface area contributed by atoms with Crippen LogP contribution in [0.2, 0.25) is 5.02 Å². The van der Waals surface area contributed by atoms with Crippen LogP contribution < -0.4 is 15.4 Å². The zero-order valence-corrected chi connectivity index (χ0v) is 21.2. The Kier molecular flexibility index (Phi) is 8.13. The summed E-state index contributed by atoms with van der Waals surface area (Å²) in [4.78, 5) is 8.82. The molecule has 3 aromatic carbocycles. The zero-order chi connectivity index (χ0) is 26.3. The molecule has 0 radical (unpaired) electrons. The summed E-state index contributed by atoms with van der Waals surface area (Å²) >= 11 is 6.44. The molecule has 0 atom stereocenters. The fourth-order valence-corrected chi connectivity index (χ4v) is 4.17. The lowest BCUT2D eigenvalue weighted by atomic mass is 10.1. The topological polar surface area (TPSA) is 92.4 Å². The number of aliphatic hydroxyl groups excluding tert-OH is 1. The maximum atomic E-state index is 14.0. The first kappa shape index (κ1) is 25.7. The van der Waals surface area contributed by atoms with Gasteiger partial charge in [0.2, 0.25) is 0 Å². The summed E-state index contributed by atoms with van der Waals surface area (Å²) in [6.45, 7) is 1.64. The molecule has 0 unspecified atom stereocenters. The van der Waals surface area contributed by atoms with E-state index in [0.29, 0.717) is 28.8 Å². The van der Waals surface area contributed by atoms with E-state index >= 15 is 0 Å². The third-order valence-electron chi connectivity index (χ3n) is 5.89. The van der Waals surface area contributed by atoms with Crippen LogP contribution in [-0.2, 0) is 6.54 Å². The highest BCUT2D eigenvalue weighted by atomic mass is 35.5. The SMILES string of the molecule is OCCCCNCc1ccc(-c2ccc3ncnc(Nc4ccc(Oc5ccccc5F)c(Cl)c4)c3c2)o1. The molecule has 0 aliphatic carbocycles. The summed E-state index contributed by atoms with van der Waals surface area (Å²) in [5.41, 5.74) is 2.36. The van der Waals surface area contributed by atoms with Crippen LogP contribution in [0.3, 0.4) is 0 Å². The van der Waals surface area contributed by atoms with E-state index in [0.717, 1.165) is 47.4 Å². The van der Waals surface area contributed by atoms with Gasteiger partial charge in [-0.3, -0.25) is 0 Å². The Labute approximate surface area is 224 Å². The van der Waals surface area contributed by atoms with Crippen LogP contribution in [0.4, 0.5) is 15.9 Å². The van der Waals surface area contributed by atoms with Gasteiger partial charge in [-0.15, -0.1) is 0 Å². The second kappa shape index (κ2) is 12.0. The summed E-state index contributed by atoms with van der Waals surface area (Å²) in [6, 6.07) is 21.1. The predicted molar refractivity (Wildman–Crippen MR) is 146 cm³/mol. The third kappa shape index (κ3) is 6.11. The van der Waals surface area contributed by atoms with E-state index in [-0.39, 0.29) is 12.4 Å². The summed E-state index contributed by atoms with van der Waals surface area (Å²) in [6.07, 6.45) is 3.19. The van der Waals surface area contributed by atoms with E-state index in [1.54, 1.807) is 36.4 Å². The van der Waals surface area contributed by atoms with E-state index in [9.17, 15) is 4.39 Å². The second-order valence-electron chi connectivity index (χ2n) is 8.63. The van der Waals surface area contributed by atoms with E-state index in [4.69, 9.17) is 25.9 Å². The lowest BCUT2D eigenvalue weighted by Crippen LogP contribution is -2.14. The van der Waals surface area contributed by atoms with Crippen molar-refractivity contribution in [1.29, 1.82) is 0 Å². The number of furan rings is 1. The van der Waals surface area contributed by atoms with Crippen LogP contribution in [0, 0.1) is 5.82 Å². The number of ether oxygens (including phenoxy) is 1. The van der Waals surface area contributed by atoms with Gasteiger partial charge in [0.1, 0.15) is 29.4 Å². The standard InChI is InChI=1S/C29H26ClFN4O3/c30-23-16-20(8-11-27(23)38-28-6-2-1-5-24(28)31)35-29-22-15-19(7-10-25(22)33-18-34-29)26-12-9-21(37-26)17-32-13-3-4-14-36/h1-2,5-12,15-16,18,32,36H,3-4,13-14,17H2,(H,33,34,35). The van der Waals surface area contributed by atoms with E-state index in [1.165, 1.54) is 12.4 Å². The molecule has 0 aliphatic rings. The fraction of sp³-hybridized carbons (Fsp3) is 0.172. The highest BCUT2D eigenvalue weighted by molar-refractivity contribution is 6.32. The molecule has 0 saturated carbocycles. The number of nitrogens with one attached hydrogen (secondary N) is 2. The Hall–Kier alpha value is -3.98.